The molecule has 36 heavy (non-hydrogen) atoms. The summed E-state index contributed by atoms with van der Waals surface area (Å²) in [5.41, 5.74) is 5.59. The van der Waals surface area contributed by atoms with E-state index in [9.17, 15) is 13.8 Å². The molecule has 0 aliphatic rings. The lowest BCUT2D eigenvalue weighted by atomic mass is 10.1. The van der Waals surface area contributed by atoms with Crippen molar-refractivity contribution in [3.8, 4) is 11.8 Å². The smallest absolute Gasteiger partial charge is 0.342 e. The summed E-state index contributed by atoms with van der Waals surface area (Å²) in [6, 6.07) is 8.97. The van der Waals surface area contributed by atoms with Gasteiger partial charge in [-0.15, -0.1) is 0 Å². The number of esters is 1. The molecule has 200 valence electrons. The number of rotatable bonds is 17. The second-order valence-corrected chi connectivity index (χ2v) is 10.5. The van der Waals surface area contributed by atoms with Crippen LogP contribution in [0.5, 0.6) is 11.8 Å². The first kappa shape index (κ1) is 29.5. The molecular formula is C24H36FN4O6P. The van der Waals surface area contributed by atoms with Crippen LogP contribution in [0.1, 0.15) is 40.0 Å². The monoisotopic (exact) mass is 526 g/mol. The molecule has 0 spiro atoms. The SMILES string of the molecule is CCCCCOC(=O)[C@@H](NP(=O)(CO[C@H](CF)COc1nccc(N)n1)Oc1ccccc1)C(C)C. The highest BCUT2D eigenvalue weighted by atomic mass is 31.2. The van der Waals surface area contributed by atoms with Crippen molar-refractivity contribution in [3.05, 3.63) is 42.6 Å². The number of alkyl halides is 1. The van der Waals surface area contributed by atoms with Crippen LogP contribution in [-0.2, 0) is 18.8 Å². The summed E-state index contributed by atoms with van der Waals surface area (Å²) < 4.78 is 49.6. The normalized spacial score (nSPS) is 14.6. The number of carbonyl (C=O) groups is 1. The van der Waals surface area contributed by atoms with Gasteiger partial charge in [-0.05, 0) is 30.5 Å². The summed E-state index contributed by atoms with van der Waals surface area (Å²) in [5, 5.41) is 2.81. The number of unbranched alkanes of at least 4 members (excludes halogenated alkanes) is 2. The molecule has 2 aromatic rings. The molecule has 3 N–H and O–H groups in total. The van der Waals surface area contributed by atoms with Crippen LogP contribution in [0, 0.1) is 5.92 Å². The van der Waals surface area contributed by atoms with E-state index in [1.807, 2.05) is 0 Å². The largest absolute Gasteiger partial charge is 0.465 e. The molecule has 2 rings (SSSR count). The van der Waals surface area contributed by atoms with Crippen molar-refractivity contribution in [2.45, 2.75) is 52.2 Å². The van der Waals surface area contributed by atoms with E-state index in [-0.39, 0.29) is 31.0 Å². The Labute approximate surface area is 211 Å². The summed E-state index contributed by atoms with van der Waals surface area (Å²) in [6.07, 6.45) is 2.45. The van der Waals surface area contributed by atoms with Gasteiger partial charge < -0.3 is 24.5 Å². The number of hydrogen-bond acceptors (Lipinski definition) is 9. The third-order valence-electron chi connectivity index (χ3n) is 4.95. The lowest BCUT2D eigenvalue weighted by Crippen LogP contribution is -2.42. The topological polar surface area (TPSA) is 135 Å². The van der Waals surface area contributed by atoms with Gasteiger partial charge in [0.05, 0.1) is 6.61 Å². The van der Waals surface area contributed by atoms with E-state index >= 15 is 0 Å². The molecule has 10 nitrogen and oxygen atoms in total. The van der Waals surface area contributed by atoms with Crippen LogP contribution in [-0.4, -0.2) is 54.3 Å². The average molecular weight is 527 g/mol. The van der Waals surface area contributed by atoms with E-state index in [1.165, 1.54) is 12.3 Å². The Morgan fingerprint density at radius 3 is 2.58 bits per heavy atom. The third-order valence-corrected chi connectivity index (χ3v) is 6.62. The van der Waals surface area contributed by atoms with Crippen LogP contribution < -0.4 is 20.1 Å². The Kier molecular flexibility index (Phi) is 12.6. The van der Waals surface area contributed by atoms with Crippen molar-refractivity contribution in [2.75, 3.05) is 32.0 Å². The molecule has 0 bridgehead atoms. The molecule has 0 aliphatic carbocycles. The molecular weight excluding hydrogens is 490 g/mol. The summed E-state index contributed by atoms with van der Waals surface area (Å²) in [6.45, 7) is 4.73. The highest BCUT2D eigenvalue weighted by Crippen LogP contribution is 2.44. The van der Waals surface area contributed by atoms with Crippen LogP contribution in [0.4, 0.5) is 10.2 Å². The number of benzene rings is 1. The lowest BCUT2D eigenvalue weighted by molar-refractivity contribution is -0.147. The van der Waals surface area contributed by atoms with Crippen molar-refractivity contribution in [3.63, 3.8) is 0 Å². The summed E-state index contributed by atoms with van der Waals surface area (Å²) in [4.78, 5) is 20.5. The number of anilines is 1. The number of hydrogen-bond donors (Lipinski definition) is 2. The number of nitrogens with one attached hydrogen (secondary N) is 1. The van der Waals surface area contributed by atoms with Gasteiger partial charge in [-0.2, -0.15) is 4.98 Å². The molecule has 1 unspecified atom stereocenters. The number of ether oxygens (including phenoxy) is 3. The maximum Gasteiger partial charge on any atom is 0.342 e. The minimum absolute atomic E-state index is 0.0374. The lowest BCUT2D eigenvalue weighted by Gasteiger charge is -2.28. The number of carbonyl (C=O) groups excluding carboxylic acids is 1. The van der Waals surface area contributed by atoms with E-state index in [0.717, 1.165) is 19.3 Å². The Morgan fingerprint density at radius 2 is 1.94 bits per heavy atom. The fraction of sp³-hybridized carbons (Fsp3) is 0.542. The zero-order valence-electron chi connectivity index (χ0n) is 21.0. The van der Waals surface area contributed by atoms with E-state index in [0.29, 0.717) is 5.75 Å². The number of nitrogens with two attached hydrogens (primary N) is 1. The average Bonchev–Trinajstić information content (AvgIpc) is 2.86. The molecule has 1 aromatic heterocycles. The number of nitrogens with zero attached hydrogens (tertiary/aromatic N) is 2. The summed E-state index contributed by atoms with van der Waals surface area (Å²) >= 11 is 0. The van der Waals surface area contributed by atoms with Crippen LogP contribution in [0.25, 0.3) is 0 Å². The van der Waals surface area contributed by atoms with Crippen LogP contribution in [0.15, 0.2) is 42.6 Å². The second kappa shape index (κ2) is 15.4. The first-order valence-corrected chi connectivity index (χ1v) is 13.7. The quantitative estimate of drug-likeness (QED) is 0.174. The molecule has 1 heterocycles. The van der Waals surface area contributed by atoms with Gasteiger partial charge in [0.1, 0.15) is 43.3 Å². The van der Waals surface area contributed by atoms with Crippen molar-refractivity contribution in [1.82, 2.24) is 15.1 Å². The minimum Gasteiger partial charge on any atom is -0.465 e. The first-order chi connectivity index (χ1) is 17.3. The highest BCUT2D eigenvalue weighted by Gasteiger charge is 2.36. The molecule has 0 radical (unpaired) electrons. The van der Waals surface area contributed by atoms with E-state index in [2.05, 4.69) is 22.0 Å². The van der Waals surface area contributed by atoms with Gasteiger partial charge in [-0.3, -0.25) is 9.36 Å². The van der Waals surface area contributed by atoms with Crippen LogP contribution in [0.3, 0.4) is 0 Å². The molecule has 12 heteroatoms. The van der Waals surface area contributed by atoms with Gasteiger partial charge in [0.15, 0.2) is 0 Å². The van der Waals surface area contributed by atoms with Gasteiger partial charge in [0.2, 0.25) is 0 Å². The molecule has 0 saturated carbocycles. The van der Waals surface area contributed by atoms with Gasteiger partial charge in [0, 0.05) is 6.20 Å². The van der Waals surface area contributed by atoms with Gasteiger partial charge in [-0.25, -0.2) is 14.5 Å². The Hall–Kier alpha value is -2.75. The first-order valence-electron chi connectivity index (χ1n) is 11.9. The van der Waals surface area contributed by atoms with Gasteiger partial charge >= 0.3 is 19.5 Å². The predicted octanol–water partition coefficient (Wildman–Crippen LogP) is 4.37. The number of halogens is 1. The fourth-order valence-electron chi connectivity index (χ4n) is 2.97. The Bertz CT molecular complexity index is 969. The molecule has 0 saturated heterocycles. The van der Waals surface area contributed by atoms with Crippen molar-refractivity contribution in [2.24, 2.45) is 5.92 Å². The summed E-state index contributed by atoms with van der Waals surface area (Å²) in [7, 11) is -3.87. The highest BCUT2D eigenvalue weighted by molar-refractivity contribution is 7.57. The fourth-order valence-corrected chi connectivity index (χ4v) is 4.85. The molecule has 0 fully saturated rings. The zero-order chi connectivity index (χ0) is 26.4. The maximum atomic E-state index is 13.8. The van der Waals surface area contributed by atoms with Crippen molar-refractivity contribution >= 4 is 19.3 Å². The standard InChI is InChI=1S/C24H36FN4O6P/c1-4-5-9-14-32-23(30)22(18(2)3)29-36(31,35-19-10-7-6-8-11-19)17-34-20(15-25)16-33-24-27-13-12-21(26)28-24/h6-8,10-13,18,20,22H,4-5,9,14-17H2,1-3H3,(H,29,31)(H2,26,27,28)/t20-,22+,36?/m1/s1. The van der Waals surface area contributed by atoms with Crippen LogP contribution in [0.2, 0.25) is 0 Å². The van der Waals surface area contributed by atoms with Crippen molar-refractivity contribution in [1.29, 1.82) is 0 Å². The van der Waals surface area contributed by atoms with E-state index in [1.54, 1.807) is 44.2 Å². The Morgan fingerprint density at radius 1 is 1.19 bits per heavy atom. The minimum atomic E-state index is -3.87. The van der Waals surface area contributed by atoms with Crippen LogP contribution >= 0.6 is 7.52 Å². The Balaban J connectivity index is 2.10. The van der Waals surface area contributed by atoms with Crippen molar-refractivity contribution < 1.29 is 32.5 Å². The maximum absolute atomic E-state index is 13.8. The molecule has 1 aromatic carbocycles. The number of nitrogen functional groups attached to an aromatic ring is 1. The predicted molar refractivity (Wildman–Crippen MR) is 135 cm³/mol. The summed E-state index contributed by atoms with van der Waals surface area (Å²) in [5.74, 6) is -0.305. The number of aromatic nitrogens is 2. The third kappa shape index (κ3) is 10.5. The van der Waals surface area contributed by atoms with E-state index < -0.39 is 38.7 Å². The van der Waals surface area contributed by atoms with Gasteiger partial charge in [-0.1, -0.05) is 51.8 Å². The van der Waals surface area contributed by atoms with E-state index in [4.69, 9.17) is 24.5 Å². The molecule has 0 amide bonds. The second-order valence-electron chi connectivity index (χ2n) is 8.45. The number of para-hydroxylation sites is 1. The molecule has 3 atom stereocenters. The zero-order valence-corrected chi connectivity index (χ0v) is 21.9. The molecule has 0 aliphatic heterocycles. The van der Waals surface area contributed by atoms with Gasteiger partial charge in [0.25, 0.3) is 0 Å².